The summed E-state index contributed by atoms with van der Waals surface area (Å²) in [5.41, 5.74) is -0.142. The first-order valence-corrected chi connectivity index (χ1v) is 7.11. The number of rotatable bonds is 6. The van der Waals surface area contributed by atoms with Crippen LogP contribution < -0.4 is 15.5 Å². The second-order valence-electron chi connectivity index (χ2n) is 4.99. The maximum atomic E-state index is 12.3. The minimum absolute atomic E-state index is 0.172. The van der Waals surface area contributed by atoms with Gasteiger partial charge in [-0.1, -0.05) is 13.3 Å². The molecule has 0 saturated heterocycles. The molecule has 2 aromatic heterocycles. The predicted molar refractivity (Wildman–Crippen MR) is 81.9 cm³/mol. The van der Waals surface area contributed by atoms with Crippen LogP contribution in [0.4, 0.5) is 0 Å². The first kappa shape index (κ1) is 15.8. The number of imidazole rings is 1. The summed E-state index contributed by atoms with van der Waals surface area (Å²) in [4.78, 5) is 31.1. The van der Waals surface area contributed by atoms with Crippen LogP contribution in [-0.4, -0.2) is 27.6 Å². The molecule has 0 saturated carbocycles. The molecule has 7 nitrogen and oxygen atoms in total. The van der Waals surface area contributed by atoms with Gasteiger partial charge in [0, 0.05) is 31.7 Å². The van der Waals surface area contributed by atoms with Gasteiger partial charge in [0.1, 0.15) is 11.5 Å². The fraction of sp³-hybridized carbons (Fsp3) is 0.400. The molecule has 0 aliphatic carbocycles. The summed E-state index contributed by atoms with van der Waals surface area (Å²) < 4.78 is 6.76. The Hall–Kier alpha value is -2.57. The number of nitrogens with one attached hydrogen (secondary N) is 2. The lowest BCUT2D eigenvalue weighted by molar-refractivity contribution is 0.0926. The fourth-order valence-electron chi connectivity index (χ4n) is 2.25. The van der Waals surface area contributed by atoms with Gasteiger partial charge in [0.05, 0.1) is 13.2 Å². The lowest BCUT2D eigenvalue weighted by Gasteiger charge is -2.18. The van der Waals surface area contributed by atoms with Crippen LogP contribution >= 0.6 is 0 Å². The second-order valence-corrected chi connectivity index (χ2v) is 4.99. The average molecular weight is 304 g/mol. The van der Waals surface area contributed by atoms with E-state index in [0.29, 0.717) is 0 Å². The van der Waals surface area contributed by atoms with Gasteiger partial charge in [-0.3, -0.25) is 9.59 Å². The van der Waals surface area contributed by atoms with Crippen molar-refractivity contribution in [1.82, 2.24) is 19.9 Å². The molecule has 2 aromatic rings. The van der Waals surface area contributed by atoms with Gasteiger partial charge in [0.15, 0.2) is 5.75 Å². The minimum Gasteiger partial charge on any atom is -0.491 e. The number of carbonyl (C=O) groups is 1. The second kappa shape index (κ2) is 6.93. The number of pyridine rings is 1. The summed E-state index contributed by atoms with van der Waals surface area (Å²) in [6.45, 7) is 2.04. The van der Waals surface area contributed by atoms with Gasteiger partial charge in [-0.15, -0.1) is 0 Å². The largest absolute Gasteiger partial charge is 0.491 e. The molecule has 1 atom stereocenters. The molecule has 2 rings (SSSR count). The SMILES string of the molecule is CCC[C@@H](NC(=O)c1cc(=O)c(OC)c[nH]1)c1nccn1C. The molecular weight excluding hydrogens is 284 g/mol. The summed E-state index contributed by atoms with van der Waals surface area (Å²) in [5, 5.41) is 2.91. The van der Waals surface area contributed by atoms with Crippen LogP contribution in [0.3, 0.4) is 0 Å². The van der Waals surface area contributed by atoms with E-state index < -0.39 is 0 Å². The summed E-state index contributed by atoms with van der Waals surface area (Å²) in [6, 6.07) is 1.03. The van der Waals surface area contributed by atoms with Crippen molar-refractivity contribution in [2.75, 3.05) is 7.11 Å². The maximum Gasteiger partial charge on any atom is 0.268 e. The van der Waals surface area contributed by atoms with Crippen LogP contribution in [-0.2, 0) is 7.05 Å². The van der Waals surface area contributed by atoms with E-state index in [2.05, 4.69) is 15.3 Å². The normalized spacial score (nSPS) is 12.0. The Morgan fingerprint density at radius 3 is 2.86 bits per heavy atom. The highest BCUT2D eigenvalue weighted by atomic mass is 16.5. The van der Waals surface area contributed by atoms with E-state index in [4.69, 9.17) is 4.74 Å². The van der Waals surface area contributed by atoms with E-state index in [1.807, 2.05) is 24.7 Å². The highest BCUT2D eigenvalue weighted by Gasteiger charge is 2.19. The van der Waals surface area contributed by atoms with Gasteiger partial charge in [-0.2, -0.15) is 0 Å². The van der Waals surface area contributed by atoms with Gasteiger partial charge in [-0.25, -0.2) is 4.98 Å². The lowest BCUT2D eigenvalue weighted by Crippen LogP contribution is -2.31. The Morgan fingerprint density at radius 2 is 2.32 bits per heavy atom. The molecule has 0 aliphatic rings. The Labute approximate surface area is 128 Å². The predicted octanol–water partition coefficient (Wildman–Crippen LogP) is 1.39. The van der Waals surface area contributed by atoms with Crippen LogP contribution in [0.25, 0.3) is 0 Å². The molecule has 118 valence electrons. The van der Waals surface area contributed by atoms with Crippen molar-refractivity contribution in [3.63, 3.8) is 0 Å². The van der Waals surface area contributed by atoms with Gasteiger partial charge < -0.3 is 19.6 Å². The van der Waals surface area contributed by atoms with Crippen LogP contribution in [0.1, 0.15) is 42.1 Å². The molecule has 2 heterocycles. The first-order chi connectivity index (χ1) is 10.6. The number of aromatic nitrogens is 3. The molecule has 0 spiro atoms. The third-order valence-corrected chi connectivity index (χ3v) is 3.39. The van der Waals surface area contributed by atoms with Crippen molar-refractivity contribution in [2.45, 2.75) is 25.8 Å². The van der Waals surface area contributed by atoms with Crippen LogP contribution in [0, 0.1) is 0 Å². The van der Waals surface area contributed by atoms with Crippen LogP contribution in [0.15, 0.2) is 29.5 Å². The molecule has 0 radical (unpaired) electrons. The van der Waals surface area contributed by atoms with E-state index in [1.54, 1.807) is 6.20 Å². The zero-order chi connectivity index (χ0) is 16.1. The number of nitrogens with zero attached hydrogens (tertiary/aromatic N) is 2. The molecule has 1 amide bonds. The maximum absolute atomic E-state index is 12.3. The highest BCUT2D eigenvalue weighted by molar-refractivity contribution is 5.92. The summed E-state index contributed by atoms with van der Waals surface area (Å²) in [6.07, 6.45) is 6.57. The van der Waals surface area contributed by atoms with E-state index in [1.165, 1.54) is 19.4 Å². The van der Waals surface area contributed by atoms with Crippen molar-refractivity contribution in [3.05, 3.63) is 46.4 Å². The number of hydrogen-bond donors (Lipinski definition) is 2. The first-order valence-electron chi connectivity index (χ1n) is 7.11. The number of aromatic amines is 1. The van der Waals surface area contributed by atoms with Crippen molar-refractivity contribution >= 4 is 5.91 Å². The number of carbonyl (C=O) groups excluding carboxylic acids is 1. The molecule has 2 N–H and O–H groups in total. The topological polar surface area (TPSA) is 89.0 Å². The van der Waals surface area contributed by atoms with Gasteiger partial charge in [-0.05, 0) is 6.42 Å². The quantitative estimate of drug-likeness (QED) is 0.844. The van der Waals surface area contributed by atoms with Crippen molar-refractivity contribution in [3.8, 4) is 5.75 Å². The molecule has 0 unspecified atom stereocenters. The molecule has 0 aliphatic heterocycles. The Balaban J connectivity index is 2.20. The number of aryl methyl sites for hydroxylation is 1. The monoisotopic (exact) mass is 304 g/mol. The van der Waals surface area contributed by atoms with Crippen LogP contribution in [0.2, 0.25) is 0 Å². The lowest BCUT2D eigenvalue weighted by atomic mass is 10.1. The van der Waals surface area contributed by atoms with Crippen LogP contribution in [0.5, 0.6) is 5.75 Å². The zero-order valence-corrected chi connectivity index (χ0v) is 12.9. The standard InChI is InChI=1S/C15H20N4O3/c1-4-5-10(14-16-6-7-19(14)2)18-15(21)11-8-12(20)13(22-3)9-17-11/h6-10H,4-5H2,1-3H3,(H,17,20)(H,18,21)/t10-/m1/s1. The Morgan fingerprint density at radius 1 is 1.55 bits per heavy atom. The Bertz CT molecular complexity index is 705. The number of ether oxygens (including phenoxy) is 1. The van der Waals surface area contributed by atoms with Crippen molar-refractivity contribution < 1.29 is 9.53 Å². The number of hydrogen-bond acceptors (Lipinski definition) is 4. The number of methoxy groups -OCH3 is 1. The van der Waals surface area contributed by atoms with Gasteiger partial charge >= 0.3 is 0 Å². The minimum atomic E-state index is -0.346. The third-order valence-electron chi connectivity index (χ3n) is 3.39. The Kier molecular flexibility index (Phi) is 4.98. The van der Waals surface area contributed by atoms with E-state index in [0.717, 1.165) is 18.7 Å². The summed E-state index contributed by atoms with van der Waals surface area (Å²) in [7, 11) is 3.29. The summed E-state index contributed by atoms with van der Waals surface area (Å²) >= 11 is 0. The third kappa shape index (κ3) is 3.36. The van der Waals surface area contributed by atoms with Gasteiger partial charge in [0.25, 0.3) is 5.91 Å². The van der Waals surface area contributed by atoms with Crippen molar-refractivity contribution in [1.29, 1.82) is 0 Å². The van der Waals surface area contributed by atoms with E-state index >= 15 is 0 Å². The molecular formula is C15H20N4O3. The molecule has 0 aromatic carbocycles. The number of H-pyrrole nitrogens is 1. The fourth-order valence-corrected chi connectivity index (χ4v) is 2.25. The summed E-state index contributed by atoms with van der Waals surface area (Å²) in [5.74, 6) is 0.609. The smallest absolute Gasteiger partial charge is 0.268 e. The molecule has 0 bridgehead atoms. The van der Waals surface area contributed by atoms with Gasteiger partial charge in [0.2, 0.25) is 5.43 Å². The molecule has 7 heteroatoms. The van der Waals surface area contributed by atoms with Crippen molar-refractivity contribution in [2.24, 2.45) is 7.05 Å². The number of amides is 1. The van der Waals surface area contributed by atoms with E-state index in [-0.39, 0.29) is 28.8 Å². The molecule has 22 heavy (non-hydrogen) atoms. The zero-order valence-electron chi connectivity index (χ0n) is 12.9. The highest BCUT2D eigenvalue weighted by Crippen LogP contribution is 2.16. The average Bonchev–Trinajstić information content (AvgIpc) is 2.92. The molecule has 0 fully saturated rings. The van der Waals surface area contributed by atoms with E-state index in [9.17, 15) is 9.59 Å².